The molecular formula is C17H19ClN4O. The average molecular weight is 331 g/mol. The summed E-state index contributed by atoms with van der Waals surface area (Å²) in [7, 11) is 0. The predicted octanol–water partition coefficient (Wildman–Crippen LogP) is 2.08. The molecule has 6 heteroatoms. The highest BCUT2D eigenvalue weighted by atomic mass is 35.5. The van der Waals surface area contributed by atoms with Crippen molar-refractivity contribution in [2.45, 2.75) is 6.04 Å². The lowest BCUT2D eigenvalue weighted by molar-refractivity contribution is -0.133. The van der Waals surface area contributed by atoms with E-state index in [1.807, 2.05) is 47.4 Å². The first-order valence-electron chi connectivity index (χ1n) is 7.61. The number of hydrogen-bond acceptors (Lipinski definition) is 4. The lowest BCUT2D eigenvalue weighted by Gasteiger charge is -2.36. The zero-order valence-electron chi connectivity index (χ0n) is 12.7. The molecule has 120 valence electrons. The third-order valence-electron chi connectivity index (χ3n) is 4.05. The fourth-order valence-electron chi connectivity index (χ4n) is 2.75. The van der Waals surface area contributed by atoms with Gasteiger partial charge in [0.15, 0.2) is 0 Å². The van der Waals surface area contributed by atoms with E-state index in [4.69, 9.17) is 17.3 Å². The van der Waals surface area contributed by atoms with Crippen LogP contribution < -0.4 is 10.6 Å². The van der Waals surface area contributed by atoms with Crippen molar-refractivity contribution in [2.75, 3.05) is 31.1 Å². The van der Waals surface area contributed by atoms with Crippen LogP contribution in [-0.2, 0) is 4.79 Å². The molecule has 0 bridgehead atoms. The zero-order chi connectivity index (χ0) is 16.2. The Bertz CT molecular complexity index is 671. The summed E-state index contributed by atoms with van der Waals surface area (Å²) in [5.74, 6) is 0.733. The van der Waals surface area contributed by atoms with Gasteiger partial charge >= 0.3 is 0 Å². The number of halogens is 1. The monoisotopic (exact) mass is 330 g/mol. The SMILES string of the molecule is N[C@H](C(=O)N1CCN(c2ncccc2Cl)CC1)c1ccccc1. The molecule has 2 aromatic rings. The van der Waals surface area contributed by atoms with Crippen molar-refractivity contribution < 1.29 is 4.79 Å². The van der Waals surface area contributed by atoms with Crippen LogP contribution in [0.4, 0.5) is 5.82 Å². The first kappa shape index (κ1) is 15.8. The summed E-state index contributed by atoms with van der Waals surface area (Å²) in [6.07, 6.45) is 1.73. The lowest BCUT2D eigenvalue weighted by Crippen LogP contribution is -2.51. The Balaban J connectivity index is 1.63. The number of hydrogen-bond donors (Lipinski definition) is 1. The van der Waals surface area contributed by atoms with Crippen LogP contribution in [0, 0.1) is 0 Å². The summed E-state index contributed by atoms with van der Waals surface area (Å²) >= 11 is 6.18. The Morgan fingerprint density at radius 3 is 2.43 bits per heavy atom. The molecule has 1 aliphatic rings. The summed E-state index contributed by atoms with van der Waals surface area (Å²) < 4.78 is 0. The summed E-state index contributed by atoms with van der Waals surface area (Å²) in [5.41, 5.74) is 6.94. The van der Waals surface area contributed by atoms with Gasteiger partial charge in [-0.2, -0.15) is 0 Å². The number of nitrogens with two attached hydrogens (primary N) is 1. The minimum atomic E-state index is -0.610. The topological polar surface area (TPSA) is 62.5 Å². The highest BCUT2D eigenvalue weighted by molar-refractivity contribution is 6.32. The minimum absolute atomic E-state index is 0.0389. The van der Waals surface area contributed by atoms with Gasteiger partial charge in [-0.15, -0.1) is 0 Å². The zero-order valence-corrected chi connectivity index (χ0v) is 13.5. The molecule has 0 aliphatic carbocycles. The van der Waals surface area contributed by atoms with Crippen molar-refractivity contribution in [1.82, 2.24) is 9.88 Å². The third kappa shape index (κ3) is 3.46. The van der Waals surface area contributed by atoms with E-state index >= 15 is 0 Å². The highest BCUT2D eigenvalue weighted by Gasteiger charge is 2.27. The normalized spacial score (nSPS) is 16.3. The van der Waals surface area contributed by atoms with Gasteiger partial charge in [0.1, 0.15) is 11.9 Å². The molecule has 1 atom stereocenters. The number of piperazine rings is 1. The quantitative estimate of drug-likeness (QED) is 0.936. The van der Waals surface area contributed by atoms with Crippen molar-refractivity contribution in [2.24, 2.45) is 5.73 Å². The number of nitrogens with zero attached hydrogens (tertiary/aromatic N) is 3. The van der Waals surface area contributed by atoms with Crippen LogP contribution in [0.15, 0.2) is 48.7 Å². The van der Waals surface area contributed by atoms with Crippen LogP contribution in [0.25, 0.3) is 0 Å². The summed E-state index contributed by atoms with van der Waals surface area (Å²) in [6, 6.07) is 12.5. The maximum absolute atomic E-state index is 12.5. The van der Waals surface area contributed by atoms with E-state index < -0.39 is 6.04 Å². The first-order valence-corrected chi connectivity index (χ1v) is 7.99. The van der Waals surface area contributed by atoms with Crippen molar-refractivity contribution >= 4 is 23.3 Å². The molecule has 1 saturated heterocycles. The molecule has 1 fully saturated rings. The molecule has 23 heavy (non-hydrogen) atoms. The van der Waals surface area contributed by atoms with E-state index in [1.165, 1.54) is 0 Å². The van der Waals surface area contributed by atoms with E-state index in [2.05, 4.69) is 9.88 Å². The standard InChI is InChI=1S/C17H19ClN4O/c18-14-7-4-8-20-16(14)21-9-11-22(12-10-21)17(23)15(19)13-5-2-1-3-6-13/h1-8,15H,9-12,19H2/t15-/m0/s1. The fraction of sp³-hybridized carbons (Fsp3) is 0.294. The number of pyridine rings is 1. The molecule has 1 aromatic carbocycles. The van der Waals surface area contributed by atoms with Crippen LogP contribution in [0.3, 0.4) is 0 Å². The number of carbonyl (C=O) groups excluding carboxylic acids is 1. The maximum atomic E-state index is 12.5. The number of benzene rings is 1. The molecule has 2 N–H and O–H groups in total. The van der Waals surface area contributed by atoms with Gasteiger partial charge in [0.05, 0.1) is 5.02 Å². The average Bonchev–Trinajstić information content (AvgIpc) is 2.62. The van der Waals surface area contributed by atoms with Gasteiger partial charge in [0.2, 0.25) is 5.91 Å². The molecule has 0 spiro atoms. The van der Waals surface area contributed by atoms with E-state index in [0.717, 1.165) is 11.4 Å². The number of carbonyl (C=O) groups is 1. The Morgan fingerprint density at radius 1 is 1.09 bits per heavy atom. The van der Waals surface area contributed by atoms with Crippen molar-refractivity contribution in [3.05, 3.63) is 59.2 Å². The summed E-state index contributed by atoms with van der Waals surface area (Å²) in [4.78, 5) is 20.8. The Labute approximate surface area is 140 Å². The van der Waals surface area contributed by atoms with E-state index in [0.29, 0.717) is 31.2 Å². The second-order valence-corrected chi connectivity index (χ2v) is 5.92. The first-order chi connectivity index (χ1) is 11.2. The number of anilines is 1. The van der Waals surface area contributed by atoms with Gasteiger partial charge in [-0.1, -0.05) is 41.9 Å². The second-order valence-electron chi connectivity index (χ2n) is 5.51. The van der Waals surface area contributed by atoms with Gasteiger partial charge in [-0.25, -0.2) is 4.98 Å². The lowest BCUT2D eigenvalue weighted by atomic mass is 10.1. The largest absolute Gasteiger partial charge is 0.352 e. The molecule has 1 aromatic heterocycles. The van der Waals surface area contributed by atoms with Gasteiger partial charge < -0.3 is 15.5 Å². The molecule has 3 rings (SSSR count). The highest BCUT2D eigenvalue weighted by Crippen LogP contribution is 2.24. The van der Waals surface area contributed by atoms with E-state index in [-0.39, 0.29) is 5.91 Å². The molecule has 1 amide bonds. The van der Waals surface area contributed by atoms with Crippen LogP contribution in [0.1, 0.15) is 11.6 Å². The molecule has 0 radical (unpaired) electrons. The number of amides is 1. The summed E-state index contributed by atoms with van der Waals surface area (Å²) in [6.45, 7) is 2.63. The molecule has 0 saturated carbocycles. The Morgan fingerprint density at radius 2 is 1.78 bits per heavy atom. The van der Waals surface area contributed by atoms with Gasteiger partial charge in [0, 0.05) is 32.4 Å². The Kier molecular flexibility index (Phi) is 4.79. The van der Waals surface area contributed by atoms with Crippen molar-refractivity contribution in [3.63, 3.8) is 0 Å². The maximum Gasteiger partial charge on any atom is 0.244 e. The van der Waals surface area contributed by atoms with Gasteiger partial charge in [-0.3, -0.25) is 4.79 Å². The molecule has 1 aliphatic heterocycles. The van der Waals surface area contributed by atoms with Gasteiger partial charge in [0.25, 0.3) is 0 Å². The second kappa shape index (κ2) is 6.98. The van der Waals surface area contributed by atoms with Crippen LogP contribution in [-0.4, -0.2) is 42.0 Å². The van der Waals surface area contributed by atoms with E-state index in [9.17, 15) is 4.79 Å². The van der Waals surface area contributed by atoms with Crippen molar-refractivity contribution in [3.8, 4) is 0 Å². The number of rotatable bonds is 3. The van der Waals surface area contributed by atoms with Crippen molar-refractivity contribution in [1.29, 1.82) is 0 Å². The third-order valence-corrected chi connectivity index (χ3v) is 4.35. The smallest absolute Gasteiger partial charge is 0.244 e. The van der Waals surface area contributed by atoms with Gasteiger partial charge in [-0.05, 0) is 17.7 Å². The van der Waals surface area contributed by atoms with Crippen LogP contribution in [0.2, 0.25) is 5.02 Å². The molecule has 0 unspecified atom stereocenters. The van der Waals surface area contributed by atoms with Crippen LogP contribution >= 0.6 is 11.6 Å². The molecule has 2 heterocycles. The molecule has 5 nitrogen and oxygen atoms in total. The van der Waals surface area contributed by atoms with Crippen LogP contribution in [0.5, 0.6) is 0 Å². The summed E-state index contributed by atoms with van der Waals surface area (Å²) in [5, 5.41) is 0.633. The fourth-order valence-corrected chi connectivity index (χ4v) is 2.99. The minimum Gasteiger partial charge on any atom is -0.352 e. The predicted molar refractivity (Wildman–Crippen MR) is 91.4 cm³/mol. The van der Waals surface area contributed by atoms with E-state index in [1.54, 1.807) is 6.20 Å². The molecular weight excluding hydrogens is 312 g/mol. The number of aromatic nitrogens is 1. The Hall–Kier alpha value is -2.11.